The van der Waals surface area contributed by atoms with Crippen molar-refractivity contribution in [3.05, 3.63) is 52.6 Å². The van der Waals surface area contributed by atoms with Crippen LogP contribution < -0.4 is 0 Å². The van der Waals surface area contributed by atoms with Crippen LogP contribution in [0.1, 0.15) is 40.1 Å². The molecule has 0 saturated heterocycles. The summed E-state index contributed by atoms with van der Waals surface area (Å²) in [5, 5.41) is 0. The predicted octanol–water partition coefficient (Wildman–Crippen LogP) is 3.04. The molecular formula is C17H23N3O. The molecule has 0 amide bonds. The standard InChI is InChI=1S/C17H23N3O/c1-5-20(10-15-8-6-7-12(2)19-15)11-17(21)16-9-13(3)18-14(16)4/h6-9,18H,5,10-11H2,1-4H3. The van der Waals surface area contributed by atoms with Gasteiger partial charge in [-0.15, -0.1) is 0 Å². The number of aryl methyl sites for hydroxylation is 3. The normalized spacial score (nSPS) is 11.1. The van der Waals surface area contributed by atoms with Crippen LogP contribution in [0.4, 0.5) is 0 Å². The van der Waals surface area contributed by atoms with Crippen molar-refractivity contribution in [3.8, 4) is 0 Å². The highest BCUT2D eigenvalue weighted by molar-refractivity contribution is 5.98. The fourth-order valence-corrected chi connectivity index (χ4v) is 2.50. The van der Waals surface area contributed by atoms with Crippen molar-refractivity contribution in [1.82, 2.24) is 14.9 Å². The molecule has 0 radical (unpaired) electrons. The first-order valence-electron chi connectivity index (χ1n) is 7.34. The summed E-state index contributed by atoms with van der Waals surface area (Å²) in [6, 6.07) is 7.92. The number of carbonyl (C=O) groups is 1. The number of rotatable bonds is 6. The number of aromatic nitrogens is 2. The molecule has 0 unspecified atom stereocenters. The Labute approximate surface area is 126 Å². The summed E-state index contributed by atoms with van der Waals surface area (Å²) in [6.07, 6.45) is 0. The Balaban J connectivity index is 2.05. The summed E-state index contributed by atoms with van der Waals surface area (Å²) < 4.78 is 0. The summed E-state index contributed by atoms with van der Waals surface area (Å²) >= 11 is 0. The zero-order valence-electron chi connectivity index (χ0n) is 13.2. The Hall–Kier alpha value is -1.94. The Morgan fingerprint density at radius 2 is 2.05 bits per heavy atom. The first kappa shape index (κ1) is 15.4. The van der Waals surface area contributed by atoms with Crippen molar-refractivity contribution in [1.29, 1.82) is 0 Å². The molecule has 4 heteroatoms. The van der Waals surface area contributed by atoms with Gasteiger partial charge in [0.15, 0.2) is 5.78 Å². The van der Waals surface area contributed by atoms with E-state index in [-0.39, 0.29) is 5.78 Å². The second kappa shape index (κ2) is 6.68. The molecule has 0 saturated carbocycles. The number of aromatic amines is 1. The minimum atomic E-state index is 0.159. The van der Waals surface area contributed by atoms with Gasteiger partial charge in [-0.3, -0.25) is 14.7 Å². The maximum absolute atomic E-state index is 12.4. The van der Waals surface area contributed by atoms with Crippen LogP contribution in [0, 0.1) is 20.8 Å². The monoisotopic (exact) mass is 285 g/mol. The van der Waals surface area contributed by atoms with Crippen LogP contribution in [-0.4, -0.2) is 33.7 Å². The third-order valence-electron chi connectivity index (χ3n) is 3.60. The summed E-state index contributed by atoms with van der Waals surface area (Å²) in [4.78, 5) is 22.2. The van der Waals surface area contributed by atoms with Gasteiger partial charge < -0.3 is 4.98 Å². The van der Waals surface area contributed by atoms with Crippen molar-refractivity contribution >= 4 is 5.78 Å². The van der Waals surface area contributed by atoms with Crippen molar-refractivity contribution in [2.45, 2.75) is 34.2 Å². The smallest absolute Gasteiger partial charge is 0.178 e. The van der Waals surface area contributed by atoms with Crippen LogP contribution in [0.3, 0.4) is 0 Å². The average Bonchev–Trinajstić information content (AvgIpc) is 2.77. The molecule has 2 aromatic heterocycles. The highest BCUT2D eigenvalue weighted by Gasteiger charge is 2.15. The highest BCUT2D eigenvalue weighted by atomic mass is 16.1. The van der Waals surface area contributed by atoms with Gasteiger partial charge in [-0.05, 0) is 45.5 Å². The number of ketones is 1. The maximum Gasteiger partial charge on any atom is 0.178 e. The molecule has 0 atom stereocenters. The van der Waals surface area contributed by atoms with E-state index in [0.29, 0.717) is 13.1 Å². The highest BCUT2D eigenvalue weighted by Crippen LogP contribution is 2.12. The summed E-state index contributed by atoms with van der Waals surface area (Å²) in [5.74, 6) is 0.159. The summed E-state index contributed by atoms with van der Waals surface area (Å²) in [7, 11) is 0. The zero-order chi connectivity index (χ0) is 15.4. The quantitative estimate of drug-likeness (QED) is 0.830. The van der Waals surface area contributed by atoms with Crippen LogP contribution in [0.15, 0.2) is 24.3 Å². The molecule has 0 spiro atoms. The molecule has 2 rings (SSSR count). The van der Waals surface area contributed by atoms with Gasteiger partial charge in [0.1, 0.15) is 0 Å². The number of carbonyl (C=O) groups excluding carboxylic acids is 1. The molecule has 0 aliphatic rings. The molecule has 21 heavy (non-hydrogen) atoms. The van der Waals surface area contributed by atoms with E-state index in [4.69, 9.17) is 0 Å². The third kappa shape index (κ3) is 4.02. The molecule has 112 valence electrons. The molecular weight excluding hydrogens is 262 g/mol. The molecule has 4 nitrogen and oxygen atoms in total. The molecule has 0 fully saturated rings. The first-order valence-corrected chi connectivity index (χ1v) is 7.34. The second-order valence-corrected chi connectivity index (χ2v) is 5.49. The lowest BCUT2D eigenvalue weighted by atomic mass is 10.1. The number of Topliss-reactive ketones (excluding diaryl/α,β-unsaturated/α-hetero) is 1. The van der Waals surface area contributed by atoms with Crippen molar-refractivity contribution in [2.24, 2.45) is 0 Å². The maximum atomic E-state index is 12.4. The average molecular weight is 285 g/mol. The fourth-order valence-electron chi connectivity index (χ4n) is 2.50. The van der Waals surface area contributed by atoms with E-state index in [9.17, 15) is 4.79 Å². The lowest BCUT2D eigenvalue weighted by Gasteiger charge is -2.19. The van der Waals surface area contributed by atoms with E-state index in [1.807, 2.05) is 45.0 Å². The van der Waals surface area contributed by atoms with Crippen LogP contribution in [0.25, 0.3) is 0 Å². The molecule has 0 aliphatic carbocycles. The molecule has 0 aliphatic heterocycles. The van der Waals surface area contributed by atoms with E-state index in [2.05, 4.69) is 21.8 Å². The molecule has 2 aromatic rings. The summed E-state index contributed by atoms with van der Waals surface area (Å²) in [6.45, 7) is 9.91. The minimum Gasteiger partial charge on any atom is -0.362 e. The predicted molar refractivity (Wildman–Crippen MR) is 84.5 cm³/mol. The minimum absolute atomic E-state index is 0.159. The van der Waals surface area contributed by atoms with Gasteiger partial charge in [-0.25, -0.2) is 0 Å². The first-order chi connectivity index (χ1) is 9.99. The van der Waals surface area contributed by atoms with E-state index >= 15 is 0 Å². The van der Waals surface area contributed by atoms with Crippen LogP contribution >= 0.6 is 0 Å². The third-order valence-corrected chi connectivity index (χ3v) is 3.60. The van der Waals surface area contributed by atoms with Crippen molar-refractivity contribution in [3.63, 3.8) is 0 Å². The van der Waals surface area contributed by atoms with Gasteiger partial charge in [0.25, 0.3) is 0 Å². The Bertz CT molecular complexity index is 631. The number of nitrogens with one attached hydrogen (secondary N) is 1. The Kier molecular flexibility index (Phi) is 4.91. The molecule has 0 aromatic carbocycles. The van der Waals surface area contributed by atoms with Gasteiger partial charge in [0.2, 0.25) is 0 Å². The topological polar surface area (TPSA) is 49.0 Å². The van der Waals surface area contributed by atoms with E-state index in [0.717, 1.165) is 34.9 Å². The summed E-state index contributed by atoms with van der Waals surface area (Å²) in [5.41, 5.74) is 4.78. The Morgan fingerprint density at radius 3 is 2.62 bits per heavy atom. The number of H-pyrrole nitrogens is 1. The zero-order valence-corrected chi connectivity index (χ0v) is 13.2. The van der Waals surface area contributed by atoms with Gasteiger partial charge in [-0.1, -0.05) is 13.0 Å². The Morgan fingerprint density at radius 1 is 1.29 bits per heavy atom. The number of likely N-dealkylation sites (N-methyl/N-ethyl adjacent to an activating group) is 1. The fraction of sp³-hybridized carbons (Fsp3) is 0.412. The number of hydrogen-bond donors (Lipinski definition) is 1. The number of nitrogens with zero attached hydrogens (tertiary/aromatic N) is 2. The molecule has 0 bridgehead atoms. The largest absolute Gasteiger partial charge is 0.362 e. The lowest BCUT2D eigenvalue weighted by molar-refractivity contribution is 0.0928. The van der Waals surface area contributed by atoms with E-state index in [1.165, 1.54) is 0 Å². The van der Waals surface area contributed by atoms with Crippen molar-refractivity contribution in [2.75, 3.05) is 13.1 Å². The lowest BCUT2D eigenvalue weighted by Crippen LogP contribution is -2.30. The van der Waals surface area contributed by atoms with E-state index in [1.54, 1.807) is 0 Å². The second-order valence-electron chi connectivity index (χ2n) is 5.49. The van der Waals surface area contributed by atoms with Crippen molar-refractivity contribution < 1.29 is 4.79 Å². The number of hydrogen-bond acceptors (Lipinski definition) is 3. The van der Waals surface area contributed by atoms with Crippen LogP contribution in [0.5, 0.6) is 0 Å². The van der Waals surface area contributed by atoms with Gasteiger partial charge >= 0.3 is 0 Å². The van der Waals surface area contributed by atoms with Crippen LogP contribution in [-0.2, 0) is 6.54 Å². The SMILES string of the molecule is CCN(CC(=O)c1cc(C)[nH]c1C)Cc1cccc(C)n1. The van der Waals surface area contributed by atoms with Gasteiger partial charge in [-0.2, -0.15) is 0 Å². The van der Waals surface area contributed by atoms with Gasteiger partial charge in [0, 0.05) is 29.2 Å². The molecule has 1 N–H and O–H groups in total. The number of pyridine rings is 1. The van der Waals surface area contributed by atoms with E-state index < -0.39 is 0 Å². The molecule has 2 heterocycles. The van der Waals surface area contributed by atoms with Crippen LogP contribution in [0.2, 0.25) is 0 Å². The van der Waals surface area contributed by atoms with Gasteiger partial charge in [0.05, 0.1) is 12.2 Å².